The van der Waals surface area contributed by atoms with Gasteiger partial charge in [0, 0.05) is 18.0 Å². The molecule has 0 aliphatic heterocycles. The van der Waals surface area contributed by atoms with Crippen molar-refractivity contribution < 1.29 is 13.9 Å². The lowest BCUT2D eigenvalue weighted by Crippen LogP contribution is -2.07. The van der Waals surface area contributed by atoms with E-state index in [1.807, 2.05) is 6.07 Å². The number of halogens is 1. The van der Waals surface area contributed by atoms with Gasteiger partial charge in [0.05, 0.1) is 18.3 Å². The molecule has 130 valence electrons. The Hall–Kier alpha value is -2.82. The van der Waals surface area contributed by atoms with E-state index in [2.05, 4.69) is 30.0 Å². The maximum atomic E-state index is 13.0. The summed E-state index contributed by atoms with van der Waals surface area (Å²) in [6.45, 7) is 9.27. The number of hydrogen-bond donors (Lipinski definition) is 0. The number of fused-ring (bicyclic) bond motifs is 1. The van der Waals surface area contributed by atoms with E-state index in [0.29, 0.717) is 19.8 Å². The third-order valence-corrected chi connectivity index (χ3v) is 4.32. The molecule has 0 saturated heterocycles. The molecule has 0 amide bonds. The first-order valence-corrected chi connectivity index (χ1v) is 8.16. The molecule has 4 nitrogen and oxygen atoms in total. The maximum absolute atomic E-state index is 13.0. The maximum Gasteiger partial charge on any atom is 0.147 e. The zero-order chi connectivity index (χ0) is 17.8. The minimum absolute atomic E-state index is 0.252. The highest BCUT2D eigenvalue weighted by molar-refractivity contribution is 5.86. The van der Waals surface area contributed by atoms with Gasteiger partial charge in [0.15, 0.2) is 0 Å². The molecule has 0 fully saturated rings. The number of rotatable bonds is 7. The summed E-state index contributed by atoms with van der Waals surface area (Å²) in [5.41, 5.74) is 5.04. The average Bonchev–Trinajstić information content (AvgIpc) is 2.87. The standard InChI is InChI=1S/C20H21FN2O2/c1-4-24-12-11-23-15(3)14(2)19-20(23)18(9-10-22-19)25-13-16-5-7-17(21)8-6-16/h4-10H,1,11-13H2,2-3H3. The number of hydrogen-bond acceptors (Lipinski definition) is 3. The highest BCUT2D eigenvalue weighted by Gasteiger charge is 2.16. The molecule has 0 spiro atoms. The first kappa shape index (κ1) is 17.0. The Balaban J connectivity index is 1.92. The molecule has 1 aromatic carbocycles. The third-order valence-electron chi connectivity index (χ3n) is 4.32. The predicted octanol–water partition coefficient (Wildman–Crippen LogP) is 4.53. The fourth-order valence-corrected chi connectivity index (χ4v) is 2.88. The Bertz CT molecular complexity index is 885. The second-order valence-corrected chi connectivity index (χ2v) is 5.82. The summed E-state index contributed by atoms with van der Waals surface area (Å²) in [4.78, 5) is 4.51. The summed E-state index contributed by atoms with van der Waals surface area (Å²) in [5, 5.41) is 0. The van der Waals surface area contributed by atoms with Crippen LogP contribution in [0.2, 0.25) is 0 Å². The van der Waals surface area contributed by atoms with E-state index < -0.39 is 0 Å². The van der Waals surface area contributed by atoms with E-state index in [-0.39, 0.29) is 5.82 Å². The van der Waals surface area contributed by atoms with Gasteiger partial charge in [0.1, 0.15) is 30.3 Å². The Morgan fingerprint density at radius 2 is 1.96 bits per heavy atom. The molecule has 0 N–H and O–H groups in total. The summed E-state index contributed by atoms with van der Waals surface area (Å²) in [5.74, 6) is 0.501. The van der Waals surface area contributed by atoms with Gasteiger partial charge in [-0.2, -0.15) is 0 Å². The summed E-state index contributed by atoms with van der Waals surface area (Å²) in [7, 11) is 0. The molecule has 0 aliphatic rings. The van der Waals surface area contributed by atoms with Crippen LogP contribution < -0.4 is 4.74 Å². The van der Waals surface area contributed by atoms with Crippen LogP contribution in [0.4, 0.5) is 4.39 Å². The van der Waals surface area contributed by atoms with E-state index in [1.54, 1.807) is 18.3 Å². The summed E-state index contributed by atoms with van der Waals surface area (Å²) >= 11 is 0. The molecule has 2 aromatic heterocycles. The normalized spacial score (nSPS) is 10.8. The van der Waals surface area contributed by atoms with Gasteiger partial charge in [-0.3, -0.25) is 4.98 Å². The van der Waals surface area contributed by atoms with Crippen LogP contribution >= 0.6 is 0 Å². The van der Waals surface area contributed by atoms with Crippen LogP contribution in [0.5, 0.6) is 5.75 Å². The fraction of sp³-hybridized carbons (Fsp3) is 0.250. The predicted molar refractivity (Wildman–Crippen MR) is 96.1 cm³/mol. The SMILES string of the molecule is C=COCCn1c(C)c(C)c2nccc(OCc3ccc(F)cc3)c21. The first-order chi connectivity index (χ1) is 12.1. The van der Waals surface area contributed by atoms with Crippen molar-refractivity contribution in [2.45, 2.75) is 27.0 Å². The van der Waals surface area contributed by atoms with Crippen LogP contribution in [0.25, 0.3) is 11.0 Å². The quantitative estimate of drug-likeness (QED) is 0.468. The fourth-order valence-electron chi connectivity index (χ4n) is 2.88. The van der Waals surface area contributed by atoms with E-state index in [0.717, 1.165) is 33.6 Å². The van der Waals surface area contributed by atoms with Crippen molar-refractivity contribution >= 4 is 11.0 Å². The van der Waals surface area contributed by atoms with Crippen molar-refractivity contribution in [3.05, 3.63) is 72.0 Å². The van der Waals surface area contributed by atoms with Crippen LogP contribution in [0.1, 0.15) is 16.8 Å². The van der Waals surface area contributed by atoms with Gasteiger partial charge in [-0.25, -0.2) is 4.39 Å². The number of pyridine rings is 1. The number of ether oxygens (including phenoxy) is 2. The molecular formula is C20H21FN2O2. The summed E-state index contributed by atoms with van der Waals surface area (Å²) < 4.78 is 26.5. The lowest BCUT2D eigenvalue weighted by Gasteiger charge is -2.12. The van der Waals surface area contributed by atoms with Crippen LogP contribution in [0.15, 0.2) is 49.4 Å². The molecule has 0 radical (unpaired) electrons. The molecule has 2 heterocycles. The van der Waals surface area contributed by atoms with Gasteiger partial charge < -0.3 is 14.0 Å². The number of aryl methyl sites for hydroxylation is 1. The second-order valence-electron chi connectivity index (χ2n) is 5.82. The van der Waals surface area contributed by atoms with E-state index in [1.165, 1.54) is 18.4 Å². The average molecular weight is 340 g/mol. The zero-order valence-electron chi connectivity index (χ0n) is 14.5. The van der Waals surface area contributed by atoms with Crippen LogP contribution in [0, 0.1) is 19.7 Å². The molecular weight excluding hydrogens is 319 g/mol. The van der Waals surface area contributed by atoms with Gasteiger partial charge in [-0.1, -0.05) is 18.7 Å². The van der Waals surface area contributed by atoms with Crippen molar-refractivity contribution in [2.24, 2.45) is 0 Å². The van der Waals surface area contributed by atoms with Crippen molar-refractivity contribution in [3.8, 4) is 5.75 Å². The van der Waals surface area contributed by atoms with Crippen LogP contribution in [0.3, 0.4) is 0 Å². The number of nitrogens with zero attached hydrogens (tertiary/aromatic N) is 2. The Kier molecular flexibility index (Phi) is 5.03. The highest BCUT2D eigenvalue weighted by atomic mass is 19.1. The molecule has 3 rings (SSSR count). The van der Waals surface area contributed by atoms with E-state index >= 15 is 0 Å². The van der Waals surface area contributed by atoms with Gasteiger partial charge in [-0.15, -0.1) is 0 Å². The van der Waals surface area contributed by atoms with Crippen LogP contribution in [-0.2, 0) is 17.9 Å². The van der Waals surface area contributed by atoms with Gasteiger partial charge in [-0.05, 0) is 37.1 Å². The van der Waals surface area contributed by atoms with E-state index in [4.69, 9.17) is 9.47 Å². The molecule has 25 heavy (non-hydrogen) atoms. The molecule has 0 unspecified atom stereocenters. The van der Waals surface area contributed by atoms with Crippen molar-refractivity contribution in [1.82, 2.24) is 9.55 Å². The zero-order valence-corrected chi connectivity index (χ0v) is 14.5. The molecule has 3 aromatic rings. The Morgan fingerprint density at radius 3 is 2.68 bits per heavy atom. The highest BCUT2D eigenvalue weighted by Crippen LogP contribution is 2.31. The van der Waals surface area contributed by atoms with Crippen LogP contribution in [-0.4, -0.2) is 16.2 Å². The second kappa shape index (κ2) is 7.38. The van der Waals surface area contributed by atoms with Crippen molar-refractivity contribution in [3.63, 3.8) is 0 Å². The summed E-state index contributed by atoms with van der Waals surface area (Å²) in [6.07, 6.45) is 3.19. The topological polar surface area (TPSA) is 36.3 Å². The van der Waals surface area contributed by atoms with Crippen molar-refractivity contribution in [1.29, 1.82) is 0 Å². The van der Waals surface area contributed by atoms with Gasteiger partial charge in [0.25, 0.3) is 0 Å². The van der Waals surface area contributed by atoms with Gasteiger partial charge >= 0.3 is 0 Å². The molecule has 0 atom stereocenters. The number of benzene rings is 1. The molecule has 0 saturated carbocycles. The number of aromatic nitrogens is 2. The molecule has 5 heteroatoms. The summed E-state index contributed by atoms with van der Waals surface area (Å²) in [6, 6.07) is 8.17. The lowest BCUT2D eigenvalue weighted by molar-refractivity contribution is 0.236. The molecule has 0 bridgehead atoms. The Morgan fingerprint density at radius 1 is 1.20 bits per heavy atom. The molecule has 0 aliphatic carbocycles. The third kappa shape index (κ3) is 3.50. The smallest absolute Gasteiger partial charge is 0.147 e. The minimum atomic E-state index is -0.252. The minimum Gasteiger partial charge on any atom is -0.500 e. The van der Waals surface area contributed by atoms with E-state index in [9.17, 15) is 4.39 Å². The van der Waals surface area contributed by atoms with Crippen molar-refractivity contribution in [2.75, 3.05) is 6.61 Å². The largest absolute Gasteiger partial charge is 0.500 e. The lowest BCUT2D eigenvalue weighted by atomic mass is 10.2. The first-order valence-electron chi connectivity index (χ1n) is 8.16. The monoisotopic (exact) mass is 340 g/mol. The van der Waals surface area contributed by atoms with Gasteiger partial charge in [0.2, 0.25) is 0 Å². The Labute approximate surface area is 146 Å².